The van der Waals surface area contributed by atoms with Crippen molar-refractivity contribution in [1.82, 2.24) is 14.7 Å². The van der Waals surface area contributed by atoms with Crippen LogP contribution in [0.25, 0.3) is 0 Å². The second kappa shape index (κ2) is 8.03. The van der Waals surface area contributed by atoms with Gasteiger partial charge in [-0.15, -0.1) is 0 Å². The molecule has 146 valence electrons. The number of nitrogens with zero attached hydrogens (tertiary/aromatic N) is 4. The summed E-state index contributed by atoms with van der Waals surface area (Å²) in [5.74, 6) is 1.01. The minimum absolute atomic E-state index is 0.144. The van der Waals surface area contributed by atoms with Crippen LogP contribution in [0, 0.1) is 20.8 Å². The van der Waals surface area contributed by atoms with E-state index in [1.165, 1.54) is 16.8 Å². The van der Waals surface area contributed by atoms with E-state index in [0.29, 0.717) is 6.54 Å². The number of hydrogen-bond donors (Lipinski definition) is 0. The minimum Gasteiger partial charge on any atom is -0.497 e. The lowest BCUT2D eigenvalue weighted by atomic mass is 10.1. The fraction of sp³-hybridized carbons (Fsp3) is 0.524. The number of hydrogen-bond acceptors (Lipinski definition) is 4. The number of aryl methyl sites for hydroxylation is 2. The van der Waals surface area contributed by atoms with Crippen LogP contribution in [0.2, 0.25) is 0 Å². The number of methoxy groups -OCH3 is 1. The van der Waals surface area contributed by atoms with Gasteiger partial charge in [0.15, 0.2) is 0 Å². The lowest BCUT2D eigenvalue weighted by Crippen LogP contribution is -2.49. The number of carbonyl (C=O) groups excluding carboxylic acids is 1. The summed E-state index contributed by atoms with van der Waals surface area (Å²) in [6, 6.07) is 6.15. The lowest BCUT2D eigenvalue weighted by Gasteiger charge is -2.37. The molecule has 6 nitrogen and oxygen atoms in total. The summed E-state index contributed by atoms with van der Waals surface area (Å²) in [7, 11) is 1.69. The van der Waals surface area contributed by atoms with Crippen molar-refractivity contribution < 1.29 is 9.53 Å². The molecule has 2 heterocycles. The summed E-state index contributed by atoms with van der Waals surface area (Å²) in [5, 5.41) is 4.60. The molecule has 1 aromatic heterocycles. The summed E-state index contributed by atoms with van der Waals surface area (Å²) in [6.45, 7) is 11.8. The van der Waals surface area contributed by atoms with E-state index in [4.69, 9.17) is 4.74 Å². The van der Waals surface area contributed by atoms with Gasteiger partial charge in [0.25, 0.3) is 0 Å². The molecule has 0 aliphatic carbocycles. The zero-order valence-electron chi connectivity index (χ0n) is 17.1. The number of carbonyl (C=O) groups is 1. The summed E-state index contributed by atoms with van der Waals surface area (Å²) >= 11 is 0. The zero-order valence-corrected chi connectivity index (χ0v) is 17.1. The maximum absolute atomic E-state index is 12.8. The van der Waals surface area contributed by atoms with Crippen LogP contribution >= 0.6 is 0 Å². The van der Waals surface area contributed by atoms with Crippen molar-refractivity contribution in [3.63, 3.8) is 0 Å². The highest BCUT2D eigenvalue weighted by Gasteiger charge is 2.23. The van der Waals surface area contributed by atoms with Crippen LogP contribution in [0.15, 0.2) is 18.2 Å². The number of rotatable bonds is 5. The van der Waals surface area contributed by atoms with E-state index in [1.54, 1.807) is 7.11 Å². The SMILES string of the molecule is CCc1nn(CC(=O)N2CCN(c3cc(OC)ccc3C)CC2)c(C)c1C. The van der Waals surface area contributed by atoms with Gasteiger partial charge in [-0.25, -0.2) is 0 Å². The normalized spacial score (nSPS) is 14.6. The fourth-order valence-corrected chi connectivity index (χ4v) is 3.67. The maximum atomic E-state index is 12.8. The molecular weight excluding hydrogens is 340 g/mol. The van der Waals surface area contributed by atoms with Crippen LogP contribution in [0.3, 0.4) is 0 Å². The van der Waals surface area contributed by atoms with Gasteiger partial charge < -0.3 is 14.5 Å². The average Bonchev–Trinajstić information content (AvgIpc) is 2.96. The summed E-state index contributed by atoms with van der Waals surface area (Å²) in [6.07, 6.45) is 0.895. The highest BCUT2D eigenvalue weighted by atomic mass is 16.5. The van der Waals surface area contributed by atoms with Crippen LogP contribution in [-0.2, 0) is 17.8 Å². The van der Waals surface area contributed by atoms with Crippen LogP contribution in [-0.4, -0.2) is 53.9 Å². The summed E-state index contributed by atoms with van der Waals surface area (Å²) in [4.78, 5) is 17.1. The Labute approximate surface area is 161 Å². The van der Waals surface area contributed by atoms with Gasteiger partial charge in [0.1, 0.15) is 12.3 Å². The molecule has 2 aromatic rings. The summed E-state index contributed by atoms with van der Waals surface area (Å²) in [5.41, 5.74) is 5.78. The highest BCUT2D eigenvalue weighted by molar-refractivity contribution is 5.76. The van der Waals surface area contributed by atoms with Gasteiger partial charge in [-0.05, 0) is 44.4 Å². The van der Waals surface area contributed by atoms with Crippen LogP contribution in [0.4, 0.5) is 5.69 Å². The molecule has 0 radical (unpaired) electrons. The minimum atomic E-state index is 0.144. The van der Waals surface area contributed by atoms with E-state index in [2.05, 4.69) is 42.9 Å². The van der Waals surface area contributed by atoms with Crippen molar-refractivity contribution in [3.05, 3.63) is 40.7 Å². The molecule has 1 aromatic carbocycles. The molecule has 6 heteroatoms. The molecule has 0 bridgehead atoms. The number of ether oxygens (including phenoxy) is 1. The molecule has 1 saturated heterocycles. The Morgan fingerprint density at radius 2 is 1.85 bits per heavy atom. The molecule has 1 aliphatic heterocycles. The van der Waals surface area contributed by atoms with Crippen LogP contribution < -0.4 is 9.64 Å². The van der Waals surface area contributed by atoms with E-state index in [1.807, 2.05) is 22.6 Å². The van der Waals surface area contributed by atoms with E-state index in [9.17, 15) is 4.79 Å². The predicted octanol–water partition coefficient (Wildman–Crippen LogP) is 2.73. The molecule has 0 unspecified atom stereocenters. The van der Waals surface area contributed by atoms with Crippen molar-refractivity contribution in [3.8, 4) is 5.75 Å². The number of aromatic nitrogens is 2. The molecule has 1 amide bonds. The Morgan fingerprint density at radius 3 is 2.44 bits per heavy atom. The number of amides is 1. The van der Waals surface area contributed by atoms with Gasteiger partial charge in [-0.3, -0.25) is 9.48 Å². The second-order valence-electron chi connectivity index (χ2n) is 7.19. The monoisotopic (exact) mass is 370 g/mol. The largest absolute Gasteiger partial charge is 0.497 e. The quantitative estimate of drug-likeness (QED) is 0.812. The predicted molar refractivity (Wildman–Crippen MR) is 108 cm³/mol. The first-order valence-corrected chi connectivity index (χ1v) is 9.64. The Hall–Kier alpha value is -2.50. The first-order chi connectivity index (χ1) is 12.9. The van der Waals surface area contributed by atoms with Crippen molar-refractivity contribution in [2.75, 3.05) is 38.2 Å². The molecule has 3 rings (SSSR count). The lowest BCUT2D eigenvalue weighted by molar-refractivity contribution is -0.132. The van der Waals surface area contributed by atoms with Gasteiger partial charge in [-0.2, -0.15) is 5.10 Å². The standard InChI is InChI=1S/C21H30N4O2/c1-6-19-16(3)17(4)25(22-19)14-21(26)24-11-9-23(10-12-24)20-13-18(27-5)8-7-15(20)2/h7-8,13H,6,9-12,14H2,1-5H3. The average molecular weight is 370 g/mol. The number of piperazine rings is 1. The Balaban J connectivity index is 1.63. The first kappa shape index (κ1) is 19.3. The van der Waals surface area contributed by atoms with Crippen LogP contribution in [0.1, 0.15) is 29.4 Å². The smallest absolute Gasteiger partial charge is 0.244 e. The molecule has 0 N–H and O–H groups in total. The Morgan fingerprint density at radius 1 is 1.15 bits per heavy atom. The van der Waals surface area contributed by atoms with Gasteiger partial charge >= 0.3 is 0 Å². The fourth-order valence-electron chi connectivity index (χ4n) is 3.67. The maximum Gasteiger partial charge on any atom is 0.244 e. The molecule has 0 atom stereocenters. The molecule has 0 saturated carbocycles. The van der Waals surface area contributed by atoms with E-state index < -0.39 is 0 Å². The second-order valence-corrected chi connectivity index (χ2v) is 7.19. The third-order valence-corrected chi connectivity index (χ3v) is 5.61. The number of benzene rings is 1. The Bertz CT molecular complexity index is 820. The van der Waals surface area contributed by atoms with Gasteiger partial charge in [0.05, 0.1) is 12.8 Å². The van der Waals surface area contributed by atoms with E-state index >= 15 is 0 Å². The molecule has 27 heavy (non-hydrogen) atoms. The third-order valence-electron chi connectivity index (χ3n) is 5.61. The number of anilines is 1. The first-order valence-electron chi connectivity index (χ1n) is 9.64. The van der Waals surface area contributed by atoms with Crippen LogP contribution in [0.5, 0.6) is 5.75 Å². The van der Waals surface area contributed by atoms with Crippen molar-refractivity contribution in [2.24, 2.45) is 0 Å². The topological polar surface area (TPSA) is 50.6 Å². The molecule has 1 aliphatic rings. The molecular formula is C21H30N4O2. The van der Waals surface area contributed by atoms with Gasteiger partial charge in [0, 0.05) is 43.6 Å². The highest BCUT2D eigenvalue weighted by Crippen LogP contribution is 2.26. The third kappa shape index (κ3) is 3.94. The molecule has 0 spiro atoms. The van der Waals surface area contributed by atoms with Crippen molar-refractivity contribution in [1.29, 1.82) is 0 Å². The van der Waals surface area contributed by atoms with Crippen molar-refractivity contribution in [2.45, 2.75) is 40.7 Å². The van der Waals surface area contributed by atoms with Gasteiger partial charge in [0.2, 0.25) is 5.91 Å². The Kier molecular flexibility index (Phi) is 5.73. The summed E-state index contributed by atoms with van der Waals surface area (Å²) < 4.78 is 7.21. The molecule has 1 fully saturated rings. The zero-order chi connectivity index (χ0) is 19.6. The van der Waals surface area contributed by atoms with Gasteiger partial charge in [-0.1, -0.05) is 13.0 Å². The van der Waals surface area contributed by atoms with E-state index in [-0.39, 0.29) is 5.91 Å². The van der Waals surface area contributed by atoms with E-state index in [0.717, 1.165) is 49.7 Å². The van der Waals surface area contributed by atoms with Crippen molar-refractivity contribution >= 4 is 11.6 Å².